The minimum absolute atomic E-state index is 0.0358. The lowest BCUT2D eigenvalue weighted by molar-refractivity contribution is 0.0457. The van der Waals surface area contributed by atoms with E-state index >= 15 is 0 Å². The van der Waals surface area contributed by atoms with Gasteiger partial charge in [-0.2, -0.15) is 15.0 Å². The number of hydrogen-bond donors (Lipinski definition) is 1. The Morgan fingerprint density at radius 2 is 1.95 bits per heavy atom. The summed E-state index contributed by atoms with van der Waals surface area (Å²) in [6.07, 6.45) is 2.38. The zero-order chi connectivity index (χ0) is 15.2. The van der Waals surface area contributed by atoms with E-state index in [0.29, 0.717) is 24.0 Å². The first kappa shape index (κ1) is 15.8. The summed E-state index contributed by atoms with van der Waals surface area (Å²) in [6.45, 7) is 8.49. The Hall–Kier alpha value is -1.63. The fraction of sp³-hybridized carbons (Fsp3) is 0.786. The zero-order valence-corrected chi connectivity index (χ0v) is 13.3. The summed E-state index contributed by atoms with van der Waals surface area (Å²) in [6, 6.07) is 0.367. The molecule has 0 aliphatic carbocycles. The van der Waals surface area contributed by atoms with Crippen molar-refractivity contribution >= 4 is 11.9 Å². The average molecular weight is 295 g/mol. The van der Waals surface area contributed by atoms with Gasteiger partial charge in [0, 0.05) is 26.7 Å². The highest BCUT2D eigenvalue weighted by Gasteiger charge is 2.22. The van der Waals surface area contributed by atoms with Crippen LogP contribution in [-0.4, -0.2) is 53.9 Å². The van der Waals surface area contributed by atoms with Crippen molar-refractivity contribution < 1.29 is 9.47 Å². The molecular weight excluding hydrogens is 270 g/mol. The van der Waals surface area contributed by atoms with Crippen LogP contribution >= 0.6 is 0 Å². The van der Waals surface area contributed by atoms with E-state index in [-0.39, 0.29) is 6.10 Å². The molecule has 1 aromatic rings. The zero-order valence-electron chi connectivity index (χ0n) is 13.3. The minimum Gasteiger partial charge on any atom is -0.461 e. The van der Waals surface area contributed by atoms with Crippen LogP contribution in [0.1, 0.15) is 33.6 Å². The monoisotopic (exact) mass is 295 g/mol. The molecule has 1 aliphatic heterocycles. The molecule has 1 aliphatic rings. The molecule has 2 rings (SSSR count). The van der Waals surface area contributed by atoms with Gasteiger partial charge in [0.2, 0.25) is 11.9 Å². The van der Waals surface area contributed by atoms with Gasteiger partial charge in [-0.05, 0) is 33.6 Å². The number of piperidine rings is 1. The maximum atomic E-state index is 5.67. The Labute approximate surface area is 126 Å². The van der Waals surface area contributed by atoms with Crippen molar-refractivity contribution in [3.8, 4) is 6.01 Å². The Kier molecular flexibility index (Phi) is 5.55. The average Bonchev–Trinajstić information content (AvgIpc) is 2.47. The number of rotatable bonds is 6. The molecule has 1 aromatic heterocycles. The van der Waals surface area contributed by atoms with Gasteiger partial charge >= 0.3 is 6.01 Å². The van der Waals surface area contributed by atoms with E-state index in [9.17, 15) is 0 Å². The molecule has 7 nitrogen and oxygen atoms in total. The van der Waals surface area contributed by atoms with Gasteiger partial charge < -0.3 is 19.7 Å². The van der Waals surface area contributed by atoms with Crippen LogP contribution < -0.4 is 15.0 Å². The molecule has 2 heterocycles. The van der Waals surface area contributed by atoms with E-state index in [1.54, 1.807) is 7.05 Å². The Morgan fingerprint density at radius 3 is 2.52 bits per heavy atom. The van der Waals surface area contributed by atoms with E-state index in [1.165, 1.54) is 0 Å². The molecular formula is C14H25N5O2. The Morgan fingerprint density at radius 1 is 1.24 bits per heavy atom. The third-order valence-electron chi connectivity index (χ3n) is 3.30. The summed E-state index contributed by atoms with van der Waals surface area (Å²) in [5.74, 6) is 1.20. The van der Waals surface area contributed by atoms with E-state index in [2.05, 4.69) is 25.2 Å². The fourth-order valence-corrected chi connectivity index (χ4v) is 2.32. The van der Waals surface area contributed by atoms with Crippen LogP contribution in [0.2, 0.25) is 0 Å². The van der Waals surface area contributed by atoms with Gasteiger partial charge in [0.1, 0.15) is 0 Å². The summed E-state index contributed by atoms with van der Waals surface area (Å²) >= 11 is 0. The van der Waals surface area contributed by atoms with Gasteiger partial charge in [-0.3, -0.25) is 0 Å². The highest BCUT2D eigenvalue weighted by molar-refractivity contribution is 5.38. The van der Waals surface area contributed by atoms with Crippen LogP contribution in [0.15, 0.2) is 0 Å². The maximum Gasteiger partial charge on any atom is 0.323 e. The quantitative estimate of drug-likeness (QED) is 0.856. The van der Waals surface area contributed by atoms with Gasteiger partial charge in [0.15, 0.2) is 0 Å². The molecule has 0 spiro atoms. The van der Waals surface area contributed by atoms with Crippen molar-refractivity contribution in [1.82, 2.24) is 15.0 Å². The van der Waals surface area contributed by atoms with E-state index in [4.69, 9.17) is 9.47 Å². The van der Waals surface area contributed by atoms with Crippen molar-refractivity contribution in [2.24, 2.45) is 0 Å². The molecule has 0 amide bonds. The van der Waals surface area contributed by atoms with Gasteiger partial charge in [0.25, 0.3) is 0 Å². The highest BCUT2D eigenvalue weighted by atomic mass is 16.5. The van der Waals surface area contributed by atoms with Crippen LogP contribution in [0.5, 0.6) is 6.01 Å². The molecule has 118 valence electrons. The van der Waals surface area contributed by atoms with Crippen molar-refractivity contribution in [2.75, 3.05) is 37.0 Å². The largest absolute Gasteiger partial charge is 0.461 e. The van der Waals surface area contributed by atoms with Gasteiger partial charge in [-0.25, -0.2) is 0 Å². The maximum absolute atomic E-state index is 5.67. The summed E-state index contributed by atoms with van der Waals surface area (Å²) in [7, 11) is 1.79. The lowest BCUT2D eigenvalue weighted by Crippen LogP contribution is -2.38. The number of ether oxygens (including phenoxy) is 2. The van der Waals surface area contributed by atoms with Crippen LogP contribution in [0.3, 0.4) is 0 Å². The van der Waals surface area contributed by atoms with Gasteiger partial charge in [-0.15, -0.1) is 0 Å². The molecule has 0 saturated carbocycles. The SMILES string of the molecule is CCOC1CCN(c2nc(NC)nc(OC(C)C)n2)CC1. The van der Waals surface area contributed by atoms with Crippen molar-refractivity contribution in [1.29, 1.82) is 0 Å². The predicted octanol–water partition coefficient (Wildman–Crippen LogP) is 1.71. The molecule has 0 atom stereocenters. The molecule has 7 heteroatoms. The van der Waals surface area contributed by atoms with Gasteiger partial charge in [-0.1, -0.05) is 0 Å². The summed E-state index contributed by atoms with van der Waals surface area (Å²) in [5, 5.41) is 2.96. The lowest BCUT2D eigenvalue weighted by atomic mass is 10.1. The number of anilines is 2. The second-order valence-electron chi connectivity index (χ2n) is 5.30. The molecule has 21 heavy (non-hydrogen) atoms. The predicted molar refractivity (Wildman–Crippen MR) is 82.0 cm³/mol. The lowest BCUT2D eigenvalue weighted by Gasteiger charge is -2.31. The summed E-state index contributed by atoms with van der Waals surface area (Å²) in [4.78, 5) is 15.2. The molecule has 1 saturated heterocycles. The Balaban J connectivity index is 2.08. The normalized spacial score (nSPS) is 16.3. The van der Waals surface area contributed by atoms with Crippen LogP contribution in [0.4, 0.5) is 11.9 Å². The van der Waals surface area contributed by atoms with Gasteiger partial charge in [0.05, 0.1) is 12.2 Å². The first-order valence-corrected chi connectivity index (χ1v) is 7.59. The highest BCUT2D eigenvalue weighted by Crippen LogP contribution is 2.21. The first-order chi connectivity index (χ1) is 10.1. The minimum atomic E-state index is 0.0358. The van der Waals surface area contributed by atoms with E-state index < -0.39 is 0 Å². The molecule has 0 radical (unpaired) electrons. The van der Waals surface area contributed by atoms with Crippen LogP contribution in [-0.2, 0) is 4.74 Å². The molecule has 1 fully saturated rings. The van der Waals surface area contributed by atoms with Crippen LogP contribution in [0.25, 0.3) is 0 Å². The number of nitrogens with one attached hydrogen (secondary N) is 1. The number of aromatic nitrogens is 3. The molecule has 1 N–H and O–H groups in total. The third-order valence-corrected chi connectivity index (χ3v) is 3.30. The van der Waals surface area contributed by atoms with Crippen molar-refractivity contribution in [3.63, 3.8) is 0 Å². The van der Waals surface area contributed by atoms with E-state index in [1.807, 2.05) is 20.8 Å². The topological polar surface area (TPSA) is 72.4 Å². The molecule has 0 bridgehead atoms. The Bertz CT molecular complexity index is 447. The molecule has 0 aromatic carbocycles. The standard InChI is InChI=1S/C14H25N5O2/c1-5-20-11-6-8-19(9-7-11)13-16-12(15-4)17-14(18-13)21-10(2)3/h10-11H,5-9H2,1-4H3,(H,15,16,17,18). The van der Waals surface area contributed by atoms with Crippen molar-refractivity contribution in [2.45, 2.75) is 45.8 Å². The second-order valence-corrected chi connectivity index (χ2v) is 5.30. The summed E-state index contributed by atoms with van der Waals surface area (Å²) in [5.41, 5.74) is 0. The van der Waals surface area contributed by atoms with Crippen molar-refractivity contribution in [3.05, 3.63) is 0 Å². The number of hydrogen-bond acceptors (Lipinski definition) is 7. The third kappa shape index (κ3) is 4.42. The smallest absolute Gasteiger partial charge is 0.323 e. The molecule has 0 unspecified atom stereocenters. The van der Waals surface area contributed by atoms with Crippen LogP contribution in [0, 0.1) is 0 Å². The first-order valence-electron chi connectivity index (χ1n) is 7.59. The number of nitrogens with zero attached hydrogens (tertiary/aromatic N) is 4. The summed E-state index contributed by atoms with van der Waals surface area (Å²) < 4.78 is 11.3. The fourth-order valence-electron chi connectivity index (χ4n) is 2.32. The second kappa shape index (κ2) is 7.40. The van der Waals surface area contributed by atoms with E-state index in [0.717, 1.165) is 32.5 Å².